The molecule has 0 saturated carbocycles. The summed E-state index contributed by atoms with van der Waals surface area (Å²) < 4.78 is 1.91. The lowest BCUT2D eigenvalue weighted by atomic mass is 10.1. The summed E-state index contributed by atoms with van der Waals surface area (Å²) in [7, 11) is 1.97. The third-order valence-electron chi connectivity index (χ3n) is 3.54. The van der Waals surface area contributed by atoms with Gasteiger partial charge >= 0.3 is 0 Å². The van der Waals surface area contributed by atoms with Gasteiger partial charge in [0, 0.05) is 30.5 Å². The number of hydrogen-bond donors (Lipinski definition) is 1. The van der Waals surface area contributed by atoms with E-state index in [2.05, 4.69) is 49.4 Å². The van der Waals surface area contributed by atoms with Crippen LogP contribution in [0.4, 0.5) is 5.69 Å². The first-order valence-corrected chi connectivity index (χ1v) is 6.42. The minimum Gasteiger partial charge on any atom is -0.381 e. The van der Waals surface area contributed by atoms with Crippen molar-refractivity contribution < 1.29 is 0 Å². The van der Waals surface area contributed by atoms with E-state index in [1.54, 1.807) is 0 Å². The SMILES string of the molecule is CCc1ccc(NCc2cnn(C)c2C)cc1C. The number of hydrogen-bond acceptors (Lipinski definition) is 2. The van der Waals surface area contributed by atoms with Crippen molar-refractivity contribution in [2.45, 2.75) is 33.7 Å². The van der Waals surface area contributed by atoms with Gasteiger partial charge in [0.05, 0.1) is 6.20 Å². The van der Waals surface area contributed by atoms with Crippen LogP contribution in [-0.2, 0) is 20.0 Å². The standard InChI is InChI=1S/C15H21N3/c1-5-13-6-7-15(8-11(13)2)16-9-14-10-17-18(4)12(14)3/h6-8,10,16H,5,9H2,1-4H3. The van der Waals surface area contributed by atoms with Crippen molar-refractivity contribution in [3.8, 4) is 0 Å². The van der Waals surface area contributed by atoms with Crippen LogP contribution in [0.2, 0.25) is 0 Å². The Hall–Kier alpha value is -1.77. The Bertz CT molecular complexity index is 541. The first-order valence-electron chi connectivity index (χ1n) is 6.42. The molecule has 0 spiro atoms. The van der Waals surface area contributed by atoms with Crippen LogP contribution in [0, 0.1) is 13.8 Å². The first-order chi connectivity index (χ1) is 8.61. The van der Waals surface area contributed by atoms with E-state index in [9.17, 15) is 0 Å². The van der Waals surface area contributed by atoms with Gasteiger partial charge in [0.25, 0.3) is 0 Å². The second-order valence-corrected chi connectivity index (χ2v) is 4.73. The summed E-state index contributed by atoms with van der Waals surface area (Å²) >= 11 is 0. The molecule has 0 atom stereocenters. The maximum absolute atomic E-state index is 4.25. The van der Waals surface area contributed by atoms with Crippen molar-refractivity contribution in [1.29, 1.82) is 0 Å². The molecular formula is C15H21N3. The summed E-state index contributed by atoms with van der Waals surface area (Å²) in [6.07, 6.45) is 3.02. The Balaban J connectivity index is 2.06. The van der Waals surface area contributed by atoms with E-state index in [0.717, 1.165) is 13.0 Å². The van der Waals surface area contributed by atoms with Gasteiger partial charge in [-0.25, -0.2) is 0 Å². The van der Waals surface area contributed by atoms with Crippen molar-refractivity contribution in [2.24, 2.45) is 7.05 Å². The highest BCUT2D eigenvalue weighted by molar-refractivity contribution is 5.48. The van der Waals surface area contributed by atoms with Crippen LogP contribution in [-0.4, -0.2) is 9.78 Å². The Morgan fingerprint density at radius 1 is 1.22 bits per heavy atom. The topological polar surface area (TPSA) is 29.9 Å². The van der Waals surface area contributed by atoms with Gasteiger partial charge in [0.1, 0.15) is 0 Å². The van der Waals surface area contributed by atoms with E-state index < -0.39 is 0 Å². The molecule has 2 rings (SSSR count). The summed E-state index contributed by atoms with van der Waals surface area (Å²) in [6.45, 7) is 7.27. The highest BCUT2D eigenvalue weighted by Gasteiger charge is 2.03. The maximum atomic E-state index is 4.25. The molecule has 1 N–H and O–H groups in total. The van der Waals surface area contributed by atoms with Gasteiger partial charge in [0.2, 0.25) is 0 Å². The lowest BCUT2D eigenvalue weighted by Crippen LogP contribution is -2.02. The van der Waals surface area contributed by atoms with Crippen LogP contribution in [0.25, 0.3) is 0 Å². The van der Waals surface area contributed by atoms with Crippen LogP contribution in [0.5, 0.6) is 0 Å². The average molecular weight is 243 g/mol. The number of nitrogens with one attached hydrogen (secondary N) is 1. The van der Waals surface area contributed by atoms with Crippen LogP contribution < -0.4 is 5.32 Å². The van der Waals surface area contributed by atoms with Gasteiger partial charge in [-0.05, 0) is 43.5 Å². The minimum atomic E-state index is 0.824. The minimum absolute atomic E-state index is 0.824. The third-order valence-corrected chi connectivity index (χ3v) is 3.54. The summed E-state index contributed by atoms with van der Waals surface area (Å²) in [5, 5.41) is 7.70. The number of nitrogens with zero attached hydrogens (tertiary/aromatic N) is 2. The fourth-order valence-corrected chi connectivity index (χ4v) is 2.12. The van der Waals surface area contributed by atoms with Crippen molar-refractivity contribution in [3.05, 3.63) is 46.8 Å². The molecule has 0 amide bonds. The van der Waals surface area contributed by atoms with E-state index in [-0.39, 0.29) is 0 Å². The van der Waals surface area contributed by atoms with Gasteiger partial charge in [-0.2, -0.15) is 5.10 Å². The highest BCUT2D eigenvalue weighted by atomic mass is 15.3. The molecule has 1 heterocycles. The first kappa shape index (κ1) is 12.7. The van der Waals surface area contributed by atoms with Gasteiger partial charge in [-0.15, -0.1) is 0 Å². The van der Waals surface area contributed by atoms with E-state index in [0.29, 0.717) is 0 Å². The summed E-state index contributed by atoms with van der Waals surface area (Å²) in [5.74, 6) is 0. The van der Waals surface area contributed by atoms with Crippen LogP contribution in [0.3, 0.4) is 0 Å². The zero-order valence-corrected chi connectivity index (χ0v) is 11.6. The van der Waals surface area contributed by atoms with Crippen molar-refractivity contribution >= 4 is 5.69 Å². The third kappa shape index (κ3) is 2.55. The molecule has 2 aromatic rings. The van der Waals surface area contributed by atoms with Gasteiger partial charge in [-0.3, -0.25) is 4.68 Å². The van der Waals surface area contributed by atoms with E-state index in [4.69, 9.17) is 0 Å². The summed E-state index contributed by atoms with van der Waals surface area (Å²) in [6, 6.07) is 6.57. The van der Waals surface area contributed by atoms with Gasteiger partial charge < -0.3 is 5.32 Å². The smallest absolute Gasteiger partial charge is 0.0542 e. The molecule has 0 saturated heterocycles. The predicted octanol–water partition coefficient (Wildman–Crippen LogP) is 3.21. The molecule has 3 heteroatoms. The maximum Gasteiger partial charge on any atom is 0.0542 e. The molecule has 0 aliphatic carbocycles. The molecule has 0 unspecified atom stereocenters. The lowest BCUT2D eigenvalue weighted by molar-refractivity contribution is 0.738. The normalized spacial score (nSPS) is 10.7. The second-order valence-electron chi connectivity index (χ2n) is 4.73. The molecule has 1 aromatic carbocycles. The van der Waals surface area contributed by atoms with E-state index >= 15 is 0 Å². The second kappa shape index (κ2) is 5.25. The monoisotopic (exact) mass is 243 g/mol. The number of aromatic nitrogens is 2. The van der Waals surface area contributed by atoms with Crippen molar-refractivity contribution in [3.63, 3.8) is 0 Å². The quantitative estimate of drug-likeness (QED) is 0.893. The van der Waals surface area contributed by atoms with E-state index in [1.807, 2.05) is 17.9 Å². The number of aryl methyl sites for hydroxylation is 3. The molecule has 96 valence electrons. The average Bonchev–Trinajstić information content (AvgIpc) is 2.68. The van der Waals surface area contributed by atoms with Crippen molar-refractivity contribution in [1.82, 2.24) is 9.78 Å². The molecule has 0 radical (unpaired) electrons. The molecule has 0 fully saturated rings. The van der Waals surface area contributed by atoms with Crippen molar-refractivity contribution in [2.75, 3.05) is 5.32 Å². The molecule has 0 aliphatic heterocycles. The molecule has 0 bridgehead atoms. The number of benzene rings is 1. The van der Waals surface area contributed by atoms with Crippen LogP contribution in [0.15, 0.2) is 24.4 Å². The van der Waals surface area contributed by atoms with E-state index in [1.165, 1.54) is 28.1 Å². The number of anilines is 1. The lowest BCUT2D eigenvalue weighted by Gasteiger charge is -2.09. The van der Waals surface area contributed by atoms with Crippen LogP contribution >= 0.6 is 0 Å². The Morgan fingerprint density at radius 2 is 2.00 bits per heavy atom. The zero-order chi connectivity index (χ0) is 13.1. The highest BCUT2D eigenvalue weighted by Crippen LogP contribution is 2.17. The molecule has 18 heavy (non-hydrogen) atoms. The Kier molecular flexibility index (Phi) is 3.70. The zero-order valence-electron chi connectivity index (χ0n) is 11.6. The Labute approximate surface area is 109 Å². The fraction of sp³-hybridized carbons (Fsp3) is 0.400. The molecule has 0 aliphatic rings. The fourth-order valence-electron chi connectivity index (χ4n) is 2.12. The van der Waals surface area contributed by atoms with Gasteiger partial charge in [0.15, 0.2) is 0 Å². The predicted molar refractivity (Wildman–Crippen MR) is 75.8 cm³/mol. The van der Waals surface area contributed by atoms with Crippen LogP contribution in [0.1, 0.15) is 29.3 Å². The molecule has 1 aromatic heterocycles. The largest absolute Gasteiger partial charge is 0.381 e. The van der Waals surface area contributed by atoms with Gasteiger partial charge in [-0.1, -0.05) is 13.0 Å². The summed E-state index contributed by atoms with van der Waals surface area (Å²) in [5.41, 5.74) is 6.40. The molecule has 3 nitrogen and oxygen atoms in total. The molecular weight excluding hydrogens is 222 g/mol. The number of rotatable bonds is 4. The summed E-state index contributed by atoms with van der Waals surface area (Å²) in [4.78, 5) is 0. The Morgan fingerprint density at radius 3 is 2.56 bits per heavy atom.